The van der Waals surface area contributed by atoms with Gasteiger partial charge in [-0.3, -0.25) is 4.79 Å². The summed E-state index contributed by atoms with van der Waals surface area (Å²) in [6.45, 7) is 12.6. The fourth-order valence-electron chi connectivity index (χ4n) is 1.96. The van der Waals surface area contributed by atoms with Crippen molar-refractivity contribution in [3.63, 3.8) is 0 Å². The molecule has 0 aromatic carbocycles. The number of rotatable bonds is 10. The maximum absolute atomic E-state index is 11.6. The van der Waals surface area contributed by atoms with Crippen LogP contribution in [0.25, 0.3) is 0 Å². The molecule has 0 fully saturated rings. The molecule has 0 bridgehead atoms. The molecule has 0 aliphatic rings. The molecule has 0 unspecified atom stereocenters. The zero-order valence-corrected chi connectivity index (χ0v) is 12.5. The predicted molar refractivity (Wildman–Crippen MR) is 77.5 cm³/mol. The van der Waals surface area contributed by atoms with Crippen LogP contribution in [-0.4, -0.2) is 43.0 Å². The number of nitrogens with zero attached hydrogens (tertiary/aromatic N) is 1. The van der Waals surface area contributed by atoms with Gasteiger partial charge in [-0.2, -0.15) is 0 Å². The lowest BCUT2D eigenvalue weighted by molar-refractivity contribution is -0.122. The number of nitrogens with two attached hydrogens (primary N) is 1. The van der Waals surface area contributed by atoms with Crippen LogP contribution < -0.4 is 11.1 Å². The van der Waals surface area contributed by atoms with E-state index in [1.54, 1.807) is 0 Å². The Balaban J connectivity index is 3.56. The summed E-state index contributed by atoms with van der Waals surface area (Å²) in [5.74, 6) is 0.458. The number of carbonyl (C=O) groups is 1. The molecule has 1 atom stereocenters. The van der Waals surface area contributed by atoms with E-state index in [4.69, 9.17) is 5.73 Å². The second kappa shape index (κ2) is 10.3. The quantitative estimate of drug-likeness (QED) is 0.584. The van der Waals surface area contributed by atoms with Crippen molar-refractivity contribution in [3.05, 3.63) is 0 Å². The van der Waals surface area contributed by atoms with E-state index in [-0.39, 0.29) is 11.9 Å². The number of amides is 1. The number of hydrogen-bond acceptors (Lipinski definition) is 3. The summed E-state index contributed by atoms with van der Waals surface area (Å²) in [6.07, 6.45) is 2.91. The molecule has 0 aliphatic heterocycles. The van der Waals surface area contributed by atoms with Crippen LogP contribution in [0, 0.1) is 5.92 Å². The van der Waals surface area contributed by atoms with Crippen LogP contribution in [0.5, 0.6) is 0 Å². The third kappa shape index (κ3) is 8.48. The van der Waals surface area contributed by atoms with E-state index in [1.165, 1.54) is 0 Å². The SMILES string of the molecule is CCN(CC)CCCCNC(=O)[C@@H](N)CC(C)C. The number of carbonyl (C=O) groups excluding carboxylic acids is 1. The highest BCUT2D eigenvalue weighted by Crippen LogP contribution is 2.02. The van der Waals surface area contributed by atoms with Gasteiger partial charge in [-0.1, -0.05) is 27.7 Å². The molecular weight excluding hydrogens is 226 g/mol. The lowest BCUT2D eigenvalue weighted by Crippen LogP contribution is -2.41. The summed E-state index contributed by atoms with van der Waals surface area (Å²) in [4.78, 5) is 14.0. The molecular formula is C14H31N3O. The Bertz CT molecular complexity index is 215. The van der Waals surface area contributed by atoms with E-state index in [9.17, 15) is 4.79 Å². The van der Waals surface area contributed by atoms with Crippen LogP contribution in [0.2, 0.25) is 0 Å². The van der Waals surface area contributed by atoms with Gasteiger partial charge in [0.25, 0.3) is 0 Å². The van der Waals surface area contributed by atoms with Crippen LogP contribution in [0.1, 0.15) is 47.0 Å². The first-order valence-electron chi connectivity index (χ1n) is 7.26. The Hall–Kier alpha value is -0.610. The first-order chi connectivity index (χ1) is 8.51. The molecule has 0 aliphatic carbocycles. The number of unbranched alkanes of at least 4 members (excludes halogenated alkanes) is 1. The summed E-state index contributed by atoms with van der Waals surface area (Å²) in [5.41, 5.74) is 5.80. The maximum atomic E-state index is 11.6. The predicted octanol–water partition coefficient (Wildman–Crippen LogP) is 1.60. The van der Waals surface area contributed by atoms with Gasteiger partial charge in [-0.05, 0) is 44.8 Å². The van der Waals surface area contributed by atoms with Crippen LogP contribution >= 0.6 is 0 Å². The molecule has 1 amide bonds. The minimum absolute atomic E-state index is 0.00783. The first-order valence-corrected chi connectivity index (χ1v) is 7.26. The van der Waals surface area contributed by atoms with E-state index >= 15 is 0 Å². The average molecular weight is 257 g/mol. The highest BCUT2D eigenvalue weighted by molar-refractivity contribution is 5.81. The van der Waals surface area contributed by atoms with Crippen LogP contribution in [0.4, 0.5) is 0 Å². The van der Waals surface area contributed by atoms with Gasteiger partial charge in [0.2, 0.25) is 5.91 Å². The number of hydrogen-bond donors (Lipinski definition) is 2. The lowest BCUT2D eigenvalue weighted by atomic mass is 10.0. The highest BCUT2D eigenvalue weighted by Gasteiger charge is 2.13. The summed E-state index contributed by atoms with van der Waals surface area (Å²) in [5, 5.41) is 2.92. The van der Waals surface area contributed by atoms with Crippen molar-refractivity contribution in [2.75, 3.05) is 26.2 Å². The molecule has 108 valence electrons. The summed E-state index contributed by atoms with van der Waals surface area (Å²) in [6, 6.07) is -0.354. The Morgan fingerprint density at radius 1 is 1.22 bits per heavy atom. The van der Waals surface area contributed by atoms with Crippen LogP contribution in [0.3, 0.4) is 0 Å². The van der Waals surface area contributed by atoms with E-state index < -0.39 is 0 Å². The molecule has 0 heterocycles. The van der Waals surface area contributed by atoms with Gasteiger partial charge in [0.15, 0.2) is 0 Å². The first kappa shape index (κ1) is 17.4. The Labute approximate surface area is 112 Å². The van der Waals surface area contributed by atoms with E-state index in [0.29, 0.717) is 5.92 Å². The van der Waals surface area contributed by atoms with Crippen molar-refractivity contribution in [3.8, 4) is 0 Å². The third-order valence-corrected chi connectivity index (χ3v) is 3.16. The molecule has 0 aromatic heterocycles. The third-order valence-electron chi connectivity index (χ3n) is 3.16. The van der Waals surface area contributed by atoms with Crippen LogP contribution in [-0.2, 0) is 4.79 Å². The molecule has 18 heavy (non-hydrogen) atoms. The van der Waals surface area contributed by atoms with Gasteiger partial charge in [0.05, 0.1) is 6.04 Å². The van der Waals surface area contributed by atoms with Crippen molar-refractivity contribution in [2.45, 2.75) is 53.0 Å². The van der Waals surface area contributed by atoms with Gasteiger partial charge in [-0.25, -0.2) is 0 Å². The molecule has 0 spiro atoms. The Morgan fingerprint density at radius 2 is 1.83 bits per heavy atom. The molecule has 0 radical (unpaired) electrons. The summed E-state index contributed by atoms with van der Waals surface area (Å²) < 4.78 is 0. The van der Waals surface area contributed by atoms with Crippen molar-refractivity contribution in [2.24, 2.45) is 11.7 Å². The molecule has 3 N–H and O–H groups in total. The molecule has 0 saturated heterocycles. The molecule has 4 nitrogen and oxygen atoms in total. The maximum Gasteiger partial charge on any atom is 0.236 e. The monoisotopic (exact) mass is 257 g/mol. The largest absolute Gasteiger partial charge is 0.355 e. The van der Waals surface area contributed by atoms with Crippen molar-refractivity contribution in [1.82, 2.24) is 10.2 Å². The van der Waals surface area contributed by atoms with E-state index in [1.807, 2.05) is 0 Å². The Morgan fingerprint density at radius 3 is 2.33 bits per heavy atom. The van der Waals surface area contributed by atoms with E-state index in [2.05, 4.69) is 37.9 Å². The molecule has 0 aromatic rings. The van der Waals surface area contributed by atoms with Crippen molar-refractivity contribution < 1.29 is 4.79 Å². The second-order valence-electron chi connectivity index (χ2n) is 5.26. The fourth-order valence-corrected chi connectivity index (χ4v) is 1.96. The van der Waals surface area contributed by atoms with E-state index in [0.717, 1.165) is 45.4 Å². The highest BCUT2D eigenvalue weighted by atomic mass is 16.2. The summed E-state index contributed by atoms with van der Waals surface area (Å²) >= 11 is 0. The molecule has 4 heteroatoms. The number of nitrogens with one attached hydrogen (secondary N) is 1. The van der Waals surface area contributed by atoms with Crippen molar-refractivity contribution >= 4 is 5.91 Å². The minimum Gasteiger partial charge on any atom is -0.355 e. The van der Waals surface area contributed by atoms with Gasteiger partial charge in [0.1, 0.15) is 0 Å². The zero-order valence-electron chi connectivity index (χ0n) is 12.5. The molecule has 0 rings (SSSR count). The summed E-state index contributed by atoms with van der Waals surface area (Å²) in [7, 11) is 0. The van der Waals surface area contributed by atoms with Gasteiger partial charge in [0, 0.05) is 6.54 Å². The fraction of sp³-hybridized carbons (Fsp3) is 0.929. The normalized spacial score (nSPS) is 13.1. The van der Waals surface area contributed by atoms with Gasteiger partial charge >= 0.3 is 0 Å². The smallest absolute Gasteiger partial charge is 0.236 e. The zero-order chi connectivity index (χ0) is 14.0. The minimum atomic E-state index is -0.354. The standard InChI is InChI=1S/C14H31N3O/c1-5-17(6-2)10-8-7-9-16-14(18)13(15)11-12(3)4/h12-13H,5-11,15H2,1-4H3,(H,16,18)/t13-/m0/s1. The van der Waals surface area contributed by atoms with Gasteiger partial charge < -0.3 is 16.0 Å². The van der Waals surface area contributed by atoms with Crippen molar-refractivity contribution in [1.29, 1.82) is 0 Å². The Kier molecular flexibility index (Phi) is 9.98. The topological polar surface area (TPSA) is 58.4 Å². The lowest BCUT2D eigenvalue weighted by Gasteiger charge is -2.18. The second-order valence-corrected chi connectivity index (χ2v) is 5.26. The van der Waals surface area contributed by atoms with Crippen LogP contribution in [0.15, 0.2) is 0 Å². The average Bonchev–Trinajstić information content (AvgIpc) is 2.32. The van der Waals surface area contributed by atoms with Gasteiger partial charge in [-0.15, -0.1) is 0 Å². The molecule has 0 saturated carbocycles.